The Bertz CT molecular complexity index is 1550. The van der Waals surface area contributed by atoms with Crippen molar-refractivity contribution in [2.45, 2.75) is 19.7 Å². The van der Waals surface area contributed by atoms with Crippen molar-refractivity contribution in [2.75, 3.05) is 0 Å². The summed E-state index contributed by atoms with van der Waals surface area (Å²) in [7, 11) is -7.18. The molecule has 6 rings (SSSR count). The summed E-state index contributed by atoms with van der Waals surface area (Å²) in [5.74, 6) is -0.589. The molecule has 0 aliphatic carbocycles. The molecule has 0 fully saturated rings. The highest BCUT2D eigenvalue weighted by Gasteiger charge is 2.52. The first-order valence-corrected chi connectivity index (χ1v) is 20.0. The van der Waals surface area contributed by atoms with E-state index in [9.17, 15) is 5.26 Å². The average Bonchev–Trinajstić information content (AvgIpc) is 3.16. The molecule has 0 aliphatic rings. The summed E-state index contributed by atoms with van der Waals surface area (Å²) >= 11 is 0. The Balaban J connectivity index is 1.64. The molecule has 0 heterocycles. The number of benzene rings is 6. The van der Waals surface area contributed by atoms with E-state index < -0.39 is 23.8 Å². The second-order valence-corrected chi connectivity index (χ2v) is 18.6. The molecule has 0 N–H and O–H groups in total. The van der Waals surface area contributed by atoms with Crippen LogP contribution in [0.3, 0.4) is 0 Å². The van der Waals surface area contributed by atoms with E-state index in [0.717, 1.165) is 31.1 Å². The van der Waals surface area contributed by atoms with Crippen LogP contribution in [0.5, 0.6) is 0 Å². The van der Waals surface area contributed by atoms with E-state index in [1.165, 1.54) is 0 Å². The minimum absolute atomic E-state index is 0.258. The summed E-state index contributed by atoms with van der Waals surface area (Å²) in [4.78, 5) is 0. The van der Waals surface area contributed by atoms with Crippen LogP contribution in [0.25, 0.3) is 0 Å². The van der Waals surface area contributed by atoms with Crippen LogP contribution in [0.15, 0.2) is 182 Å². The van der Waals surface area contributed by atoms with E-state index in [1.54, 1.807) is 0 Å². The van der Waals surface area contributed by atoms with Gasteiger partial charge < -0.3 is 8.69 Å². The van der Waals surface area contributed by atoms with E-state index in [1.807, 2.05) is 43.3 Å². The van der Waals surface area contributed by atoms with Crippen molar-refractivity contribution in [1.29, 1.82) is 5.26 Å². The van der Waals surface area contributed by atoms with Crippen molar-refractivity contribution >= 4 is 54.9 Å². The zero-order valence-corrected chi connectivity index (χ0v) is 28.8. The second kappa shape index (κ2) is 14.8. The van der Waals surface area contributed by atoms with Crippen molar-refractivity contribution < 1.29 is 8.69 Å². The molecule has 0 radical (unpaired) electrons. The molecule has 3 nitrogen and oxygen atoms in total. The minimum atomic E-state index is -3.22. The lowest BCUT2D eigenvalue weighted by molar-refractivity contribution is 0.401. The predicted octanol–water partition coefficient (Wildman–Crippen LogP) is 5.39. The van der Waals surface area contributed by atoms with Crippen LogP contribution in [0.4, 0.5) is 0 Å². The van der Waals surface area contributed by atoms with Crippen molar-refractivity contribution in [3.8, 4) is 6.07 Å². The van der Waals surface area contributed by atoms with Gasteiger partial charge in [-0.15, -0.1) is 0 Å². The Morgan fingerprint density at radius 3 is 0.830 bits per heavy atom. The summed E-state index contributed by atoms with van der Waals surface area (Å²) in [6, 6.07) is 66.0. The van der Waals surface area contributed by atoms with Crippen molar-refractivity contribution in [3.63, 3.8) is 0 Å². The largest absolute Gasteiger partial charge is 0.443 e. The van der Waals surface area contributed by atoms with Gasteiger partial charge in [-0.25, -0.2) is 0 Å². The van der Waals surface area contributed by atoms with Crippen LogP contribution in [0.1, 0.15) is 13.8 Å². The number of nitrogens with zero attached hydrogens (tertiary/aromatic N) is 1. The second-order valence-electron chi connectivity index (χ2n) is 11.9. The number of nitriles is 1. The highest BCUT2D eigenvalue weighted by Crippen LogP contribution is 2.28. The molecule has 0 saturated carbocycles. The maximum absolute atomic E-state index is 10.3. The molecule has 0 aliphatic heterocycles. The van der Waals surface area contributed by atoms with Crippen LogP contribution in [0, 0.1) is 17.2 Å². The van der Waals surface area contributed by atoms with Crippen LogP contribution in [-0.2, 0) is 8.69 Å². The molecular formula is C41H38BNO2Si2. The fourth-order valence-corrected chi connectivity index (χ4v) is 14.5. The van der Waals surface area contributed by atoms with Crippen molar-refractivity contribution in [1.82, 2.24) is 0 Å². The molecule has 6 aromatic carbocycles. The molecule has 0 amide bonds. The van der Waals surface area contributed by atoms with Crippen LogP contribution in [-0.4, -0.2) is 23.8 Å². The van der Waals surface area contributed by atoms with E-state index in [0.29, 0.717) is 0 Å². The van der Waals surface area contributed by atoms with E-state index in [4.69, 9.17) is 8.69 Å². The number of hydrogen-bond acceptors (Lipinski definition) is 3. The summed E-state index contributed by atoms with van der Waals surface area (Å²) < 4.78 is 15.6. The Morgan fingerprint density at radius 2 is 0.638 bits per heavy atom. The molecular weight excluding hydrogens is 605 g/mol. The maximum atomic E-state index is 10.3. The summed E-state index contributed by atoms with van der Waals surface area (Å²) in [6.45, 7) is 4.07. The molecule has 0 aromatic heterocycles. The van der Waals surface area contributed by atoms with Gasteiger partial charge in [-0.05, 0) is 38.0 Å². The average molecular weight is 644 g/mol. The highest BCUT2D eigenvalue weighted by atomic mass is 28.4. The number of rotatable bonds is 12. The SMILES string of the molecule is CC(C#N)C(C)B(O[Si](c1ccccc1)(c1ccccc1)c1ccccc1)O[Si](c1ccccc1)(c1ccccc1)c1ccccc1. The zero-order valence-electron chi connectivity index (χ0n) is 26.8. The molecule has 47 heavy (non-hydrogen) atoms. The van der Waals surface area contributed by atoms with Gasteiger partial charge in [0, 0.05) is 11.7 Å². The Kier molecular flexibility index (Phi) is 10.1. The van der Waals surface area contributed by atoms with Crippen LogP contribution in [0.2, 0.25) is 5.82 Å². The molecule has 2 unspecified atom stereocenters. The van der Waals surface area contributed by atoms with Crippen LogP contribution < -0.4 is 31.1 Å². The zero-order chi connectivity index (χ0) is 32.5. The van der Waals surface area contributed by atoms with E-state index in [-0.39, 0.29) is 11.7 Å². The lowest BCUT2D eigenvalue weighted by atomic mass is 9.68. The monoisotopic (exact) mass is 643 g/mol. The summed E-state index contributed by atoms with van der Waals surface area (Å²) in [5, 5.41) is 17.0. The highest BCUT2D eigenvalue weighted by molar-refractivity contribution is 7.12. The van der Waals surface area contributed by atoms with Gasteiger partial charge in [0.05, 0.1) is 6.07 Å². The van der Waals surface area contributed by atoms with Gasteiger partial charge in [0.25, 0.3) is 16.6 Å². The molecule has 6 aromatic rings. The van der Waals surface area contributed by atoms with Gasteiger partial charge >= 0.3 is 7.12 Å². The lowest BCUT2D eigenvalue weighted by Crippen LogP contribution is -2.75. The fourth-order valence-electron chi connectivity index (χ4n) is 6.39. The van der Waals surface area contributed by atoms with E-state index in [2.05, 4.69) is 159 Å². The van der Waals surface area contributed by atoms with Gasteiger partial charge in [0.2, 0.25) is 0 Å². The predicted molar refractivity (Wildman–Crippen MR) is 200 cm³/mol. The molecule has 0 saturated heterocycles. The molecule has 2 atom stereocenters. The van der Waals surface area contributed by atoms with E-state index >= 15 is 0 Å². The molecule has 0 spiro atoms. The maximum Gasteiger partial charge on any atom is 0.441 e. The standard InChI is InChI=1S/C41H38BNO2Si2/c1-34(33-43)35(2)42(44-46(36-21-9-3-10-22-36,37-23-11-4-12-24-37)38-25-13-5-14-26-38)45-47(39-27-15-6-16-28-39,40-29-17-7-18-30-40)41-31-19-8-20-32-41/h3-32,34-35H,1-2H3. The van der Waals surface area contributed by atoms with Crippen molar-refractivity contribution in [2.24, 2.45) is 5.92 Å². The quantitative estimate of drug-likeness (QED) is 0.133. The van der Waals surface area contributed by atoms with Gasteiger partial charge in [0.15, 0.2) is 0 Å². The summed E-state index contributed by atoms with van der Waals surface area (Å²) in [5.41, 5.74) is 0. The van der Waals surface area contributed by atoms with Gasteiger partial charge in [-0.3, -0.25) is 0 Å². The Morgan fingerprint density at radius 1 is 0.426 bits per heavy atom. The van der Waals surface area contributed by atoms with Gasteiger partial charge in [-0.2, -0.15) is 5.26 Å². The third-order valence-corrected chi connectivity index (χ3v) is 17.1. The fraction of sp³-hybridized carbons (Fsp3) is 0.0976. The third kappa shape index (κ3) is 6.44. The third-order valence-electron chi connectivity index (χ3n) is 9.09. The normalized spacial score (nSPS) is 12.9. The molecule has 230 valence electrons. The first kappa shape index (κ1) is 32.2. The van der Waals surface area contributed by atoms with Gasteiger partial charge in [-0.1, -0.05) is 189 Å². The first-order chi connectivity index (χ1) is 23.1. The Hall–Kier alpha value is -4.77. The minimum Gasteiger partial charge on any atom is -0.443 e. The lowest BCUT2D eigenvalue weighted by Gasteiger charge is -2.42. The topological polar surface area (TPSA) is 42.2 Å². The molecule has 6 heteroatoms. The first-order valence-electron chi connectivity index (χ1n) is 16.2. The number of hydrogen-bond donors (Lipinski definition) is 0. The smallest absolute Gasteiger partial charge is 0.441 e. The summed E-state index contributed by atoms with van der Waals surface area (Å²) in [6.07, 6.45) is 0. The van der Waals surface area contributed by atoms with Crippen molar-refractivity contribution in [3.05, 3.63) is 182 Å². The Labute approximate surface area is 281 Å². The molecule has 0 bridgehead atoms. The van der Waals surface area contributed by atoms with Crippen LogP contribution >= 0.6 is 0 Å². The van der Waals surface area contributed by atoms with Gasteiger partial charge in [0.1, 0.15) is 0 Å².